The van der Waals surface area contributed by atoms with Gasteiger partial charge in [-0.1, -0.05) is 20.8 Å². The molecule has 0 radical (unpaired) electrons. The second-order valence-corrected chi connectivity index (χ2v) is 9.12. The molecule has 1 aromatic heterocycles. The summed E-state index contributed by atoms with van der Waals surface area (Å²) in [5.41, 5.74) is -0.0243. The summed E-state index contributed by atoms with van der Waals surface area (Å²) in [5.74, 6) is 0.163. The van der Waals surface area contributed by atoms with Crippen molar-refractivity contribution in [1.82, 2.24) is 19.7 Å². The second-order valence-electron chi connectivity index (χ2n) is 8.04. The zero-order valence-corrected chi connectivity index (χ0v) is 18.3. The molecule has 1 aromatic rings. The van der Waals surface area contributed by atoms with Crippen LogP contribution in [0, 0.1) is 12.8 Å². The number of aromatic nitrogens is 1. The molecular formula is C20H30N4O3S. The molecule has 2 aliphatic heterocycles. The minimum absolute atomic E-state index is 0.0101. The molecule has 0 unspecified atom stereocenters. The largest absolute Gasteiger partial charge is 0.338 e. The van der Waals surface area contributed by atoms with Crippen LogP contribution in [0.25, 0.3) is 0 Å². The van der Waals surface area contributed by atoms with E-state index in [9.17, 15) is 14.4 Å². The van der Waals surface area contributed by atoms with Crippen molar-refractivity contribution in [2.75, 3.05) is 26.2 Å². The highest BCUT2D eigenvalue weighted by molar-refractivity contribution is 7.13. The number of likely N-dealkylation sites (tertiary alicyclic amines) is 1. The Bertz CT molecular complexity index is 780. The standard InChI is InChI=1S/C20H30N4O3S/c1-6-15-21-14(5)16(28-15)17(25)22-10-8-20(9-11-22)18(26)23(7-2)19(27)24(20)12-13(3)4/h13H,6-12H2,1-5H3. The maximum absolute atomic E-state index is 13.1. The van der Waals surface area contributed by atoms with Crippen molar-refractivity contribution in [3.8, 4) is 0 Å². The molecule has 0 saturated carbocycles. The van der Waals surface area contributed by atoms with E-state index in [1.807, 2.05) is 25.7 Å². The van der Waals surface area contributed by atoms with Crippen LogP contribution in [0.15, 0.2) is 0 Å². The molecule has 1 spiro atoms. The van der Waals surface area contributed by atoms with Crippen molar-refractivity contribution in [3.05, 3.63) is 15.6 Å². The van der Waals surface area contributed by atoms with Crippen molar-refractivity contribution in [1.29, 1.82) is 0 Å². The summed E-state index contributed by atoms with van der Waals surface area (Å²) in [5, 5.41) is 0.965. The number of nitrogens with zero attached hydrogens (tertiary/aromatic N) is 4. The molecule has 2 saturated heterocycles. The van der Waals surface area contributed by atoms with Gasteiger partial charge >= 0.3 is 6.03 Å². The number of hydrogen-bond acceptors (Lipinski definition) is 5. The number of aryl methyl sites for hydroxylation is 2. The predicted octanol–water partition coefficient (Wildman–Crippen LogP) is 2.93. The fourth-order valence-electron chi connectivity index (χ4n) is 4.19. The van der Waals surface area contributed by atoms with Gasteiger partial charge in [0.2, 0.25) is 0 Å². The lowest BCUT2D eigenvalue weighted by atomic mass is 9.85. The number of imide groups is 1. The van der Waals surface area contributed by atoms with E-state index in [0.717, 1.165) is 17.1 Å². The molecule has 28 heavy (non-hydrogen) atoms. The Balaban J connectivity index is 1.80. The first-order chi connectivity index (χ1) is 13.2. The average molecular weight is 407 g/mol. The zero-order valence-electron chi connectivity index (χ0n) is 17.4. The first-order valence-electron chi connectivity index (χ1n) is 10.1. The van der Waals surface area contributed by atoms with E-state index >= 15 is 0 Å². The number of urea groups is 1. The maximum Gasteiger partial charge on any atom is 0.327 e. The van der Waals surface area contributed by atoms with E-state index in [4.69, 9.17) is 0 Å². The molecule has 2 aliphatic rings. The van der Waals surface area contributed by atoms with E-state index in [1.165, 1.54) is 16.2 Å². The van der Waals surface area contributed by atoms with Crippen molar-refractivity contribution in [2.24, 2.45) is 5.92 Å². The Hall–Kier alpha value is -1.96. The molecule has 0 aliphatic carbocycles. The van der Waals surface area contributed by atoms with Crippen LogP contribution in [0.5, 0.6) is 0 Å². The Labute approximate surface area is 170 Å². The van der Waals surface area contributed by atoms with Crippen molar-refractivity contribution in [3.63, 3.8) is 0 Å². The van der Waals surface area contributed by atoms with Crippen LogP contribution in [0.3, 0.4) is 0 Å². The van der Waals surface area contributed by atoms with Gasteiger partial charge in [0.05, 0.1) is 10.7 Å². The highest BCUT2D eigenvalue weighted by Gasteiger charge is 2.57. The molecule has 7 nitrogen and oxygen atoms in total. The maximum atomic E-state index is 13.1. The lowest BCUT2D eigenvalue weighted by Crippen LogP contribution is -2.58. The number of carbonyl (C=O) groups excluding carboxylic acids is 3. The van der Waals surface area contributed by atoms with E-state index in [1.54, 1.807) is 4.90 Å². The second kappa shape index (κ2) is 7.81. The third-order valence-electron chi connectivity index (χ3n) is 5.70. The molecule has 3 rings (SSSR count). The number of piperidine rings is 1. The Morgan fingerprint density at radius 1 is 1.21 bits per heavy atom. The minimum Gasteiger partial charge on any atom is -0.338 e. The highest BCUT2D eigenvalue weighted by atomic mass is 32.1. The smallest absolute Gasteiger partial charge is 0.327 e. The van der Waals surface area contributed by atoms with E-state index < -0.39 is 5.54 Å². The number of hydrogen-bond donors (Lipinski definition) is 0. The molecule has 0 N–H and O–H groups in total. The number of likely N-dealkylation sites (N-methyl/N-ethyl adjacent to an activating group) is 1. The van der Waals surface area contributed by atoms with Crippen LogP contribution in [0.2, 0.25) is 0 Å². The van der Waals surface area contributed by atoms with Gasteiger partial charge in [-0.2, -0.15) is 0 Å². The number of amides is 4. The summed E-state index contributed by atoms with van der Waals surface area (Å²) in [7, 11) is 0. The third-order valence-corrected chi connectivity index (χ3v) is 6.99. The van der Waals surface area contributed by atoms with Gasteiger partial charge in [0.1, 0.15) is 10.4 Å². The normalized spacial score (nSPS) is 19.4. The summed E-state index contributed by atoms with van der Waals surface area (Å²) in [6, 6.07) is -0.188. The van der Waals surface area contributed by atoms with Crippen molar-refractivity contribution in [2.45, 2.75) is 59.4 Å². The van der Waals surface area contributed by atoms with Gasteiger partial charge < -0.3 is 9.80 Å². The van der Waals surface area contributed by atoms with Crippen molar-refractivity contribution >= 4 is 29.2 Å². The van der Waals surface area contributed by atoms with Crippen LogP contribution < -0.4 is 0 Å². The average Bonchev–Trinajstić information content (AvgIpc) is 3.13. The molecule has 2 fully saturated rings. The fourth-order valence-corrected chi connectivity index (χ4v) is 5.16. The van der Waals surface area contributed by atoms with Gasteiger partial charge in [-0.05, 0) is 39.0 Å². The van der Waals surface area contributed by atoms with Crippen LogP contribution in [0.1, 0.15) is 60.9 Å². The molecule has 3 heterocycles. The quantitative estimate of drug-likeness (QED) is 0.705. The van der Waals surface area contributed by atoms with Gasteiger partial charge in [-0.25, -0.2) is 9.78 Å². The molecule has 4 amide bonds. The summed E-state index contributed by atoms with van der Waals surface area (Å²) in [6.07, 6.45) is 1.80. The van der Waals surface area contributed by atoms with Crippen LogP contribution in [0.4, 0.5) is 4.79 Å². The van der Waals surface area contributed by atoms with E-state index in [-0.39, 0.29) is 23.8 Å². The lowest BCUT2D eigenvalue weighted by molar-refractivity contribution is -0.135. The Morgan fingerprint density at radius 2 is 1.86 bits per heavy atom. The van der Waals surface area contributed by atoms with Gasteiger partial charge in [-0.3, -0.25) is 14.5 Å². The van der Waals surface area contributed by atoms with Crippen LogP contribution in [-0.2, 0) is 11.2 Å². The Kier molecular flexibility index (Phi) is 5.79. The van der Waals surface area contributed by atoms with Gasteiger partial charge in [0.15, 0.2) is 0 Å². The zero-order chi connectivity index (χ0) is 20.6. The van der Waals surface area contributed by atoms with Crippen LogP contribution >= 0.6 is 11.3 Å². The first-order valence-corrected chi connectivity index (χ1v) is 11.0. The van der Waals surface area contributed by atoms with Gasteiger partial charge in [-0.15, -0.1) is 11.3 Å². The van der Waals surface area contributed by atoms with E-state index in [0.29, 0.717) is 43.9 Å². The predicted molar refractivity (Wildman–Crippen MR) is 108 cm³/mol. The van der Waals surface area contributed by atoms with E-state index in [2.05, 4.69) is 18.8 Å². The van der Waals surface area contributed by atoms with Crippen LogP contribution in [-0.4, -0.2) is 69.2 Å². The van der Waals surface area contributed by atoms with Gasteiger partial charge in [0, 0.05) is 26.2 Å². The molecule has 0 aromatic carbocycles. The molecule has 0 bridgehead atoms. The number of rotatable bonds is 5. The van der Waals surface area contributed by atoms with Crippen molar-refractivity contribution < 1.29 is 14.4 Å². The topological polar surface area (TPSA) is 73.8 Å². The summed E-state index contributed by atoms with van der Waals surface area (Å²) in [6.45, 7) is 11.7. The monoisotopic (exact) mass is 406 g/mol. The lowest BCUT2D eigenvalue weighted by Gasteiger charge is -2.42. The number of thiazole rings is 1. The van der Waals surface area contributed by atoms with Gasteiger partial charge in [0.25, 0.3) is 11.8 Å². The summed E-state index contributed by atoms with van der Waals surface area (Å²) >= 11 is 1.46. The minimum atomic E-state index is -0.800. The SMILES string of the molecule is CCc1nc(C)c(C(=O)N2CCC3(CC2)C(=O)N(CC)C(=O)N3CC(C)C)s1. The first kappa shape index (κ1) is 20.8. The highest BCUT2D eigenvalue weighted by Crippen LogP contribution is 2.38. The third kappa shape index (κ3) is 3.32. The fraction of sp³-hybridized carbons (Fsp3) is 0.700. The molecule has 154 valence electrons. The summed E-state index contributed by atoms with van der Waals surface area (Å²) < 4.78 is 0. The molecular weight excluding hydrogens is 376 g/mol. The number of carbonyl (C=O) groups is 3. The molecule has 8 heteroatoms. The summed E-state index contributed by atoms with van der Waals surface area (Å²) in [4.78, 5) is 49.0. The Morgan fingerprint density at radius 3 is 2.36 bits per heavy atom. The molecule has 0 atom stereocenters.